The molecule has 5 nitrogen and oxygen atoms in total. The minimum absolute atomic E-state index is 0.237. The predicted octanol–water partition coefficient (Wildman–Crippen LogP) is 2.77. The smallest absolute Gasteiger partial charge is 0.257 e. The van der Waals surface area contributed by atoms with E-state index in [4.69, 9.17) is 0 Å². The normalized spacial score (nSPS) is 10.4. The first-order valence-electron chi connectivity index (χ1n) is 6.63. The Morgan fingerprint density at radius 3 is 2.95 bits per heavy atom. The first-order valence-corrected chi connectivity index (χ1v) is 7.58. The molecule has 0 spiro atoms. The standard InChI is InChI=1S/C14H17FN4OS/c1-3-4-16-13-12(5-10(15)6-17-13)14(20)19(2)7-11-8-21-9-18-11/h5-6,8-9H,3-4,7H2,1-2H3,(H,16,17). The second kappa shape index (κ2) is 7.12. The van der Waals surface area contributed by atoms with Gasteiger partial charge in [0, 0.05) is 19.0 Å². The Labute approximate surface area is 126 Å². The molecule has 0 radical (unpaired) electrons. The van der Waals surface area contributed by atoms with Crippen molar-refractivity contribution in [1.82, 2.24) is 14.9 Å². The van der Waals surface area contributed by atoms with Crippen LogP contribution in [0.1, 0.15) is 29.4 Å². The van der Waals surface area contributed by atoms with E-state index in [0.29, 0.717) is 18.9 Å². The van der Waals surface area contributed by atoms with Gasteiger partial charge >= 0.3 is 0 Å². The molecule has 112 valence electrons. The zero-order chi connectivity index (χ0) is 15.2. The van der Waals surface area contributed by atoms with Crippen LogP contribution in [0.5, 0.6) is 0 Å². The average molecular weight is 308 g/mol. The molecule has 0 aliphatic carbocycles. The fourth-order valence-electron chi connectivity index (χ4n) is 1.82. The molecule has 0 aliphatic rings. The number of aromatic nitrogens is 2. The lowest BCUT2D eigenvalue weighted by Crippen LogP contribution is -2.27. The Kier molecular flexibility index (Phi) is 5.21. The molecule has 0 aromatic carbocycles. The molecule has 1 amide bonds. The summed E-state index contributed by atoms with van der Waals surface area (Å²) in [5.74, 6) is -0.399. The van der Waals surface area contributed by atoms with Gasteiger partial charge in [0.2, 0.25) is 0 Å². The van der Waals surface area contributed by atoms with Crippen LogP contribution in [0.4, 0.5) is 10.2 Å². The van der Waals surface area contributed by atoms with Crippen molar-refractivity contribution in [3.63, 3.8) is 0 Å². The summed E-state index contributed by atoms with van der Waals surface area (Å²) in [6.45, 7) is 3.06. The van der Waals surface area contributed by atoms with Crippen molar-refractivity contribution in [1.29, 1.82) is 0 Å². The van der Waals surface area contributed by atoms with Gasteiger partial charge in [-0.05, 0) is 12.5 Å². The molecule has 21 heavy (non-hydrogen) atoms. The highest BCUT2D eigenvalue weighted by Crippen LogP contribution is 2.17. The Morgan fingerprint density at radius 1 is 1.48 bits per heavy atom. The number of hydrogen-bond donors (Lipinski definition) is 1. The topological polar surface area (TPSA) is 58.1 Å². The lowest BCUT2D eigenvalue weighted by Gasteiger charge is -2.18. The van der Waals surface area contributed by atoms with Gasteiger partial charge in [-0.15, -0.1) is 11.3 Å². The molecular weight excluding hydrogens is 291 g/mol. The van der Waals surface area contributed by atoms with E-state index in [9.17, 15) is 9.18 Å². The van der Waals surface area contributed by atoms with Crippen molar-refractivity contribution in [2.75, 3.05) is 18.9 Å². The highest BCUT2D eigenvalue weighted by Gasteiger charge is 2.18. The van der Waals surface area contributed by atoms with Crippen molar-refractivity contribution in [2.24, 2.45) is 0 Å². The number of thiazole rings is 1. The van der Waals surface area contributed by atoms with Crippen LogP contribution in [0, 0.1) is 5.82 Å². The summed E-state index contributed by atoms with van der Waals surface area (Å²) in [6.07, 6.45) is 2.00. The number of carbonyl (C=O) groups is 1. The quantitative estimate of drug-likeness (QED) is 0.891. The zero-order valence-electron chi connectivity index (χ0n) is 12.0. The maximum atomic E-state index is 13.4. The average Bonchev–Trinajstić information content (AvgIpc) is 2.98. The van der Waals surface area contributed by atoms with E-state index < -0.39 is 5.82 Å². The Hall–Kier alpha value is -2.02. The van der Waals surface area contributed by atoms with E-state index in [1.165, 1.54) is 22.3 Å². The maximum Gasteiger partial charge on any atom is 0.257 e. The number of nitrogens with one attached hydrogen (secondary N) is 1. The molecule has 0 bridgehead atoms. The fraction of sp³-hybridized carbons (Fsp3) is 0.357. The van der Waals surface area contributed by atoms with E-state index in [1.807, 2.05) is 12.3 Å². The lowest BCUT2D eigenvalue weighted by molar-refractivity contribution is 0.0783. The first-order chi connectivity index (χ1) is 10.1. The van der Waals surface area contributed by atoms with E-state index in [0.717, 1.165) is 18.3 Å². The molecule has 0 saturated heterocycles. The van der Waals surface area contributed by atoms with E-state index in [2.05, 4.69) is 15.3 Å². The molecule has 0 unspecified atom stereocenters. The van der Waals surface area contributed by atoms with Crippen LogP contribution in [0.3, 0.4) is 0 Å². The summed E-state index contributed by atoms with van der Waals surface area (Å²) in [7, 11) is 1.66. The van der Waals surface area contributed by atoms with Crippen molar-refractivity contribution in [3.8, 4) is 0 Å². The SMILES string of the molecule is CCCNc1ncc(F)cc1C(=O)N(C)Cc1cscn1. The Bertz CT molecular complexity index is 603. The van der Waals surface area contributed by atoms with Crippen LogP contribution in [0.2, 0.25) is 0 Å². The van der Waals surface area contributed by atoms with E-state index in [1.54, 1.807) is 12.6 Å². The first kappa shape index (κ1) is 15.4. The van der Waals surface area contributed by atoms with Gasteiger partial charge in [-0.25, -0.2) is 14.4 Å². The number of anilines is 1. The summed E-state index contributed by atoms with van der Waals surface area (Å²) in [6, 6.07) is 1.21. The minimum Gasteiger partial charge on any atom is -0.369 e. The van der Waals surface area contributed by atoms with E-state index >= 15 is 0 Å². The highest BCUT2D eigenvalue weighted by molar-refractivity contribution is 7.07. The molecular formula is C14H17FN4OS. The van der Waals surface area contributed by atoms with Gasteiger partial charge in [-0.2, -0.15) is 0 Å². The maximum absolute atomic E-state index is 13.4. The van der Waals surface area contributed by atoms with Crippen molar-refractivity contribution < 1.29 is 9.18 Å². The summed E-state index contributed by atoms with van der Waals surface area (Å²) in [5.41, 5.74) is 2.76. The number of amides is 1. The number of halogens is 1. The molecule has 2 rings (SSSR count). The van der Waals surface area contributed by atoms with Crippen LogP contribution < -0.4 is 5.32 Å². The third kappa shape index (κ3) is 3.98. The predicted molar refractivity (Wildman–Crippen MR) is 80.9 cm³/mol. The van der Waals surface area contributed by atoms with Crippen LogP contribution in [-0.2, 0) is 6.54 Å². The molecule has 2 aromatic rings. The molecule has 7 heteroatoms. The second-order valence-electron chi connectivity index (χ2n) is 4.62. The van der Waals surface area contributed by atoms with Crippen molar-refractivity contribution >= 4 is 23.1 Å². The van der Waals surface area contributed by atoms with Gasteiger partial charge in [-0.3, -0.25) is 4.79 Å². The lowest BCUT2D eigenvalue weighted by atomic mass is 10.2. The van der Waals surface area contributed by atoms with Crippen LogP contribution in [0.25, 0.3) is 0 Å². The van der Waals surface area contributed by atoms with Crippen LogP contribution in [0.15, 0.2) is 23.2 Å². The third-order valence-corrected chi connectivity index (χ3v) is 3.49. The number of nitrogens with zero attached hydrogens (tertiary/aromatic N) is 3. The molecule has 0 saturated carbocycles. The monoisotopic (exact) mass is 308 g/mol. The Morgan fingerprint density at radius 2 is 2.29 bits per heavy atom. The van der Waals surface area contributed by atoms with Gasteiger partial charge < -0.3 is 10.2 Å². The zero-order valence-corrected chi connectivity index (χ0v) is 12.8. The Balaban J connectivity index is 2.18. The highest BCUT2D eigenvalue weighted by atomic mass is 32.1. The van der Waals surface area contributed by atoms with Crippen LogP contribution in [-0.4, -0.2) is 34.4 Å². The van der Waals surface area contributed by atoms with Crippen molar-refractivity contribution in [3.05, 3.63) is 40.2 Å². The molecule has 2 heterocycles. The van der Waals surface area contributed by atoms with E-state index in [-0.39, 0.29) is 11.5 Å². The number of pyridine rings is 1. The minimum atomic E-state index is -0.526. The molecule has 2 aromatic heterocycles. The fourth-order valence-corrected chi connectivity index (χ4v) is 2.37. The van der Waals surface area contributed by atoms with Gasteiger partial charge in [-0.1, -0.05) is 6.92 Å². The summed E-state index contributed by atoms with van der Waals surface area (Å²) >= 11 is 1.47. The van der Waals surface area contributed by atoms with Crippen molar-refractivity contribution in [2.45, 2.75) is 19.9 Å². The van der Waals surface area contributed by atoms with Gasteiger partial charge in [0.1, 0.15) is 11.6 Å². The number of rotatable bonds is 6. The van der Waals surface area contributed by atoms with Gasteiger partial charge in [0.05, 0.1) is 29.5 Å². The largest absolute Gasteiger partial charge is 0.369 e. The van der Waals surface area contributed by atoms with Crippen LogP contribution >= 0.6 is 11.3 Å². The second-order valence-corrected chi connectivity index (χ2v) is 5.34. The third-order valence-electron chi connectivity index (χ3n) is 2.86. The number of carbonyl (C=O) groups excluding carboxylic acids is 1. The summed E-state index contributed by atoms with van der Waals surface area (Å²) < 4.78 is 13.4. The summed E-state index contributed by atoms with van der Waals surface area (Å²) in [5, 5.41) is 4.92. The molecule has 0 fully saturated rings. The van der Waals surface area contributed by atoms with Gasteiger partial charge in [0.15, 0.2) is 0 Å². The number of hydrogen-bond acceptors (Lipinski definition) is 5. The molecule has 0 aliphatic heterocycles. The molecule has 0 atom stereocenters. The van der Waals surface area contributed by atoms with Gasteiger partial charge in [0.25, 0.3) is 5.91 Å². The molecule has 1 N–H and O–H groups in total. The summed E-state index contributed by atoms with van der Waals surface area (Å²) in [4.78, 5) is 22.1.